The molecule has 1 aromatic rings. The summed E-state index contributed by atoms with van der Waals surface area (Å²) in [5, 5.41) is 14.2. The van der Waals surface area contributed by atoms with Gasteiger partial charge < -0.3 is 24.6 Å². The van der Waals surface area contributed by atoms with Gasteiger partial charge in [-0.3, -0.25) is 4.90 Å². The SMILES string of the molecule is Fc1ccc(CN2CCO[C@H]3[C@H](OCCN4CCCC4)CC[C@@H]32)cc1.O=C(O)C(F)(F)F.O=C(O)C(F)(F)F. The zero-order chi connectivity index (χ0) is 29.2. The second-order valence-corrected chi connectivity index (χ2v) is 9.14. The number of carbonyl (C=O) groups is 2. The number of hydrogen-bond acceptors (Lipinski definition) is 6. The Morgan fingerprint density at radius 2 is 1.46 bits per heavy atom. The van der Waals surface area contributed by atoms with E-state index in [1.54, 1.807) is 12.1 Å². The van der Waals surface area contributed by atoms with Gasteiger partial charge in [0.15, 0.2) is 0 Å². The van der Waals surface area contributed by atoms with Crippen LogP contribution in [0.15, 0.2) is 24.3 Å². The molecule has 15 heteroatoms. The van der Waals surface area contributed by atoms with Gasteiger partial charge in [0.1, 0.15) is 5.82 Å². The second kappa shape index (κ2) is 14.8. The van der Waals surface area contributed by atoms with E-state index in [9.17, 15) is 30.7 Å². The molecule has 0 amide bonds. The minimum atomic E-state index is -5.08. The molecule has 2 aliphatic heterocycles. The third kappa shape index (κ3) is 11.3. The monoisotopic (exact) mass is 576 g/mol. The smallest absolute Gasteiger partial charge is 0.475 e. The van der Waals surface area contributed by atoms with Gasteiger partial charge in [-0.1, -0.05) is 12.1 Å². The molecule has 8 nitrogen and oxygen atoms in total. The largest absolute Gasteiger partial charge is 0.490 e. The van der Waals surface area contributed by atoms with Gasteiger partial charge in [-0.15, -0.1) is 0 Å². The van der Waals surface area contributed by atoms with Crippen molar-refractivity contribution >= 4 is 11.9 Å². The third-order valence-corrected chi connectivity index (χ3v) is 6.37. The number of rotatable bonds is 6. The van der Waals surface area contributed by atoms with Crippen molar-refractivity contribution in [2.45, 2.75) is 62.8 Å². The van der Waals surface area contributed by atoms with Crippen LogP contribution in [-0.2, 0) is 25.6 Å². The first kappa shape index (κ1) is 32.7. The number of likely N-dealkylation sites (tertiary alicyclic amines) is 1. The molecule has 3 atom stereocenters. The lowest BCUT2D eigenvalue weighted by Gasteiger charge is -2.39. The van der Waals surface area contributed by atoms with E-state index in [0.29, 0.717) is 6.04 Å². The van der Waals surface area contributed by atoms with Gasteiger partial charge in [-0.05, 0) is 56.5 Å². The zero-order valence-electron chi connectivity index (χ0n) is 20.9. The van der Waals surface area contributed by atoms with Crippen LogP contribution >= 0.6 is 0 Å². The highest BCUT2D eigenvalue weighted by molar-refractivity contribution is 5.73. The van der Waals surface area contributed by atoms with Crippen molar-refractivity contribution in [3.63, 3.8) is 0 Å². The summed E-state index contributed by atoms with van der Waals surface area (Å²) >= 11 is 0. The molecule has 1 aromatic carbocycles. The summed E-state index contributed by atoms with van der Waals surface area (Å²) in [4.78, 5) is 22.8. The summed E-state index contributed by atoms with van der Waals surface area (Å²) in [5.41, 5.74) is 1.17. The number of halogens is 7. The standard InChI is InChI=1S/C20H29FN2O2.2C2HF3O2/c21-17-5-3-16(4-6-17)15-23-12-14-25-20-18(23)7-8-19(20)24-13-11-22-9-1-2-10-22;2*3-2(4,5)1(6)7/h3-6,18-20H,1-2,7-15H2;2*(H,6,7)/t18-,19+,20+;;/m0../s1. The Balaban J connectivity index is 0.000000317. The predicted molar refractivity (Wildman–Crippen MR) is 122 cm³/mol. The van der Waals surface area contributed by atoms with E-state index in [2.05, 4.69) is 9.80 Å². The molecule has 39 heavy (non-hydrogen) atoms. The number of fused-ring (bicyclic) bond motifs is 1. The van der Waals surface area contributed by atoms with Crippen molar-refractivity contribution < 1.29 is 60.0 Å². The molecule has 1 aliphatic carbocycles. The topological polar surface area (TPSA) is 99.5 Å². The molecule has 0 bridgehead atoms. The fourth-order valence-corrected chi connectivity index (χ4v) is 4.53. The molecule has 1 saturated carbocycles. The lowest BCUT2D eigenvalue weighted by molar-refractivity contribution is -0.193. The first-order valence-corrected chi connectivity index (χ1v) is 12.2. The van der Waals surface area contributed by atoms with Crippen molar-refractivity contribution in [2.24, 2.45) is 0 Å². The Morgan fingerprint density at radius 3 is 1.97 bits per heavy atom. The highest BCUT2D eigenvalue weighted by Crippen LogP contribution is 2.33. The summed E-state index contributed by atoms with van der Waals surface area (Å²) < 4.78 is 88.9. The highest BCUT2D eigenvalue weighted by Gasteiger charge is 2.43. The van der Waals surface area contributed by atoms with Crippen molar-refractivity contribution in [2.75, 3.05) is 39.4 Å². The molecule has 2 saturated heterocycles. The van der Waals surface area contributed by atoms with Gasteiger partial charge in [0.2, 0.25) is 0 Å². The van der Waals surface area contributed by atoms with Gasteiger partial charge in [-0.25, -0.2) is 14.0 Å². The minimum Gasteiger partial charge on any atom is -0.475 e. The van der Waals surface area contributed by atoms with Gasteiger partial charge in [0.05, 0.1) is 25.4 Å². The van der Waals surface area contributed by atoms with Crippen LogP contribution < -0.4 is 0 Å². The molecular formula is C24H31F7N2O6. The fraction of sp³-hybridized carbons (Fsp3) is 0.667. The number of carboxylic acids is 2. The maximum atomic E-state index is 13.1. The molecule has 2 N–H and O–H groups in total. The first-order valence-electron chi connectivity index (χ1n) is 12.2. The molecule has 3 fully saturated rings. The van der Waals surface area contributed by atoms with Gasteiger partial charge >= 0.3 is 24.3 Å². The van der Waals surface area contributed by atoms with Crippen LogP contribution in [0.5, 0.6) is 0 Å². The first-order chi connectivity index (χ1) is 18.2. The van der Waals surface area contributed by atoms with Crippen molar-refractivity contribution in [3.8, 4) is 0 Å². The van der Waals surface area contributed by atoms with Crippen LogP contribution in [-0.4, -0.2) is 102 Å². The number of hydrogen-bond donors (Lipinski definition) is 2. The Morgan fingerprint density at radius 1 is 0.923 bits per heavy atom. The molecule has 4 rings (SSSR count). The van der Waals surface area contributed by atoms with E-state index < -0.39 is 24.3 Å². The maximum Gasteiger partial charge on any atom is 0.490 e. The van der Waals surface area contributed by atoms with Gasteiger partial charge in [0, 0.05) is 25.7 Å². The predicted octanol–water partition coefficient (Wildman–Crippen LogP) is 3.94. The maximum absolute atomic E-state index is 13.1. The molecule has 3 aliphatic rings. The molecule has 0 radical (unpaired) electrons. The van der Waals surface area contributed by atoms with Crippen LogP contribution in [0.25, 0.3) is 0 Å². The number of nitrogens with zero attached hydrogens (tertiary/aromatic N) is 2. The van der Waals surface area contributed by atoms with Crippen molar-refractivity contribution in [1.29, 1.82) is 0 Å². The van der Waals surface area contributed by atoms with E-state index in [1.807, 2.05) is 12.1 Å². The van der Waals surface area contributed by atoms with Crippen LogP contribution in [0, 0.1) is 5.82 Å². The Hall–Kier alpha value is -2.49. The van der Waals surface area contributed by atoms with Crippen LogP contribution in [0.1, 0.15) is 31.2 Å². The number of carboxylic acid groups (broad SMARTS) is 2. The van der Waals surface area contributed by atoms with Gasteiger partial charge in [0.25, 0.3) is 0 Å². The summed E-state index contributed by atoms with van der Waals surface area (Å²) in [6.07, 6.45) is -4.89. The minimum absolute atomic E-state index is 0.170. The number of benzene rings is 1. The van der Waals surface area contributed by atoms with E-state index in [-0.39, 0.29) is 18.0 Å². The van der Waals surface area contributed by atoms with Crippen molar-refractivity contribution in [1.82, 2.24) is 9.80 Å². The highest BCUT2D eigenvalue weighted by atomic mass is 19.4. The van der Waals surface area contributed by atoms with Crippen LogP contribution in [0.2, 0.25) is 0 Å². The molecule has 0 aromatic heterocycles. The Labute approximate surface area is 220 Å². The summed E-state index contributed by atoms with van der Waals surface area (Å²) in [6, 6.07) is 7.30. The average Bonchev–Trinajstić information content (AvgIpc) is 3.51. The summed E-state index contributed by atoms with van der Waals surface area (Å²) in [6.45, 7) is 6.88. The van der Waals surface area contributed by atoms with E-state index in [0.717, 1.165) is 45.7 Å². The second-order valence-electron chi connectivity index (χ2n) is 9.14. The Bertz CT molecular complexity index is 884. The number of morpholine rings is 1. The van der Waals surface area contributed by atoms with Crippen LogP contribution in [0.4, 0.5) is 30.7 Å². The zero-order valence-corrected chi connectivity index (χ0v) is 20.9. The Kier molecular flexibility index (Phi) is 12.4. The average molecular weight is 577 g/mol. The molecule has 2 heterocycles. The molecule has 222 valence electrons. The van der Waals surface area contributed by atoms with Crippen LogP contribution in [0.3, 0.4) is 0 Å². The number of ether oxygens (including phenoxy) is 2. The van der Waals surface area contributed by atoms with E-state index >= 15 is 0 Å². The normalized spacial score (nSPS) is 23.7. The fourth-order valence-electron chi connectivity index (χ4n) is 4.53. The number of alkyl halides is 6. The lowest BCUT2D eigenvalue weighted by Crippen LogP contribution is -2.51. The summed E-state index contributed by atoms with van der Waals surface area (Å²) in [5.74, 6) is -5.68. The molecular weight excluding hydrogens is 545 g/mol. The summed E-state index contributed by atoms with van der Waals surface area (Å²) in [7, 11) is 0. The van der Waals surface area contributed by atoms with Crippen molar-refractivity contribution in [3.05, 3.63) is 35.6 Å². The lowest BCUT2D eigenvalue weighted by atomic mass is 10.1. The van der Waals surface area contributed by atoms with E-state index in [1.165, 1.54) is 31.5 Å². The number of aliphatic carboxylic acids is 2. The van der Waals surface area contributed by atoms with E-state index in [4.69, 9.17) is 29.3 Å². The molecule has 0 unspecified atom stereocenters. The quantitative estimate of drug-likeness (QED) is 0.492. The third-order valence-electron chi connectivity index (χ3n) is 6.37. The van der Waals surface area contributed by atoms with Gasteiger partial charge in [-0.2, -0.15) is 26.3 Å². The molecule has 0 spiro atoms.